The van der Waals surface area contributed by atoms with Gasteiger partial charge in [0, 0.05) is 46.1 Å². The second-order valence-electron chi connectivity index (χ2n) is 5.06. The molecule has 0 atom stereocenters. The Balaban J connectivity index is 1.59. The van der Waals surface area contributed by atoms with Crippen LogP contribution in [0.3, 0.4) is 0 Å². The zero-order valence-corrected chi connectivity index (χ0v) is 13.6. The van der Waals surface area contributed by atoms with Gasteiger partial charge in [-0.05, 0) is 46.8 Å². The van der Waals surface area contributed by atoms with Crippen molar-refractivity contribution in [3.63, 3.8) is 0 Å². The monoisotopic (exact) mass is 352 g/mol. The van der Waals surface area contributed by atoms with Crippen LogP contribution in [0.5, 0.6) is 0 Å². The summed E-state index contributed by atoms with van der Waals surface area (Å²) in [7, 11) is 0. The van der Waals surface area contributed by atoms with Crippen molar-refractivity contribution in [3.05, 3.63) is 54.5 Å². The van der Waals surface area contributed by atoms with Gasteiger partial charge in [-0.25, -0.2) is 0 Å². The highest BCUT2D eigenvalue weighted by Crippen LogP contribution is 2.20. The molecule has 0 saturated heterocycles. The van der Waals surface area contributed by atoms with Gasteiger partial charge < -0.3 is 9.88 Å². The molecular formula is C15H17BrN2OS. The molecule has 0 radical (unpaired) electrons. The molecule has 2 heterocycles. The summed E-state index contributed by atoms with van der Waals surface area (Å²) in [5, 5.41) is 5.50. The summed E-state index contributed by atoms with van der Waals surface area (Å²) < 4.78 is 3.08. The first-order valence-corrected chi connectivity index (χ1v) is 8.56. The van der Waals surface area contributed by atoms with Crippen molar-refractivity contribution in [1.82, 2.24) is 9.88 Å². The van der Waals surface area contributed by atoms with Crippen molar-refractivity contribution >= 4 is 27.3 Å². The minimum absolute atomic E-state index is 0.131. The maximum atomic E-state index is 12.0. The number of aromatic nitrogens is 1. The number of nitrogens with zero attached hydrogens (tertiary/aromatic N) is 1. The van der Waals surface area contributed by atoms with Crippen LogP contribution >= 0.6 is 27.3 Å². The number of halogens is 1. The predicted molar refractivity (Wildman–Crippen MR) is 86.5 cm³/mol. The van der Waals surface area contributed by atoms with Gasteiger partial charge in [0.15, 0.2) is 0 Å². The van der Waals surface area contributed by atoms with Gasteiger partial charge in [-0.1, -0.05) is 6.07 Å². The van der Waals surface area contributed by atoms with Crippen molar-refractivity contribution in [2.75, 3.05) is 6.54 Å². The number of fused-ring (bicyclic) bond motifs is 1. The number of hydrogen-bond acceptors (Lipinski definition) is 3. The Kier molecular flexibility index (Phi) is 4.38. The van der Waals surface area contributed by atoms with Crippen molar-refractivity contribution in [2.24, 2.45) is 0 Å². The number of pyridine rings is 1. The largest absolute Gasteiger partial charge is 0.311 e. The molecule has 106 valence electrons. The molecule has 0 fully saturated rings. The van der Waals surface area contributed by atoms with Gasteiger partial charge in [-0.2, -0.15) is 0 Å². The third kappa shape index (κ3) is 3.05. The van der Waals surface area contributed by atoms with Gasteiger partial charge in [0.2, 0.25) is 0 Å². The summed E-state index contributed by atoms with van der Waals surface area (Å²) in [5.41, 5.74) is 2.73. The molecular weight excluding hydrogens is 336 g/mol. The maximum Gasteiger partial charge on any atom is 0.250 e. The average molecular weight is 353 g/mol. The van der Waals surface area contributed by atoms with Gasteiger partial charge in [0.05, 0.1) is 0 Å². The van der Waals surface area contributed by atoms with E-state index in [1.165, 1.54) is 22.6 Å². The lowest BCUT2D eigenvalue weighted by atomic mass is 10.2. The summed E-state index contributed by atoms with van der Waals surface area (Å²) >= 11 is 5.20. The first-order chi connectivity index (χ1) is 9.74. The molecule has 1 N–H and O–H groups in total. The molecule has 3 nitrogen and oxygen atoms in total. The summed E-state index contributed by atoms with van der Waals surface area (Å²) in [5.74, 6) is 0. The van der Waals surface area contributed by atoms with Crippen LogP contribution in [0.25, 0.3) is 0 Å². The normalized spacial score (nSPS) is 13.7. The van der Waals surface area contributed by atoms with Crippen molar-refractivity contribution in [3.8, 4) is 0 Å². The highest BCUT2D eigenvalue weighted by Gasteiger charge is 2.15. The van der Waals surface area contributed by atoms with Crippen molar-refractivity contribution in [2.45, 2.75) is 32.4 Å². The zero-order chi connectivity index (χ0) is 13.9. The molecule has 20 heavy (non-hydrogen) atoms. The molecule has 0 bridgehead atoms. The molecule has 2 aromatic heterocycles. The van der Waals surface area contributed by atoms with Gasteiger partial charge in [-0.15, -0.1) is 11.3 Å². The second-order valence-corrected chi connectivity index (χ2v) is 6.97. The first kappa shape index (κ1) is 14.0. The molecule has 5 heteroatoms. The second kappa shape index (κ2) is 6.24. The van der Waals surface area contributed by atoms with E-state index in [1.54, 1.807) is 17.4 Å². The number of thiophene rings is 1. The average Bonchev–Trinajstić information content (AvgIpc) is 3.05. The van der Waals surface area contributed by atoms with Gasteiger partial charge in [0.1, 0.15) is 0 Å². The number of nitrogens with one attached hydrogen (secondary N) is 1. The predicted octanol–water partition coefficient (Wildman–Crippen LogP) is 2.95. The van der Waals surface area contributed by atoms with Crippen LogP contribution in [0, 0.1) is 0 Å². The Hall–Kier alpha value is -0.910. The van der Waals surface area contributed by atoms with E-state index in [2.05, 4.69) is 32.7 Å². The van der Waals surface area contributed by atoms with Gasteiger partial charge >= 0.3 is 0 Å². The van der Waals surface area contributed by atoms with E-state index in [9.17, 15) is 4.79 Å². The van der Waals surface area contributed by atoms with Crippen LogP contribution in [0.2, 0.25) is 0 Å². The van der Waals surface area contributed by atoms with Gasteiger partial charge in [0.25, 0.3) is 5.56 Å². The number of rotatable bonds is 5. The Morgan fingerprint density at radius 2 is 2.25 bits per heavy atom. The van der Waals surface area contributed by atoms with E-state index >= 15 is 0 Å². The SMILES string of the molecule is O=c1ccc2c(n1CCNCc1cc(Br)cs1)CCC2. The fraction of sp³-hybridized carbons (Fsp3) is 0.400. The lowest BCUT2D eigenvalue weighted by Gasteiger charge is -2.12. The van der Waals surface area contributed by atoms with Crippen LogP contribution < -0.4 is 10.9 Å². The lowest BCUT2D eigenvalue weighted by molar-refractivity contribution is 0.571. The highest BCUT2D eigenvalue weighted by molar-refractivity contribution is 9.10. The maximum absolute atomic E-state index is 12.0. The first-order valence-electron chi connectivity index (χ1n) is 6.89. The van der Waals surface area contributed by atoms with Crippen LogP contribution in [0.15, 0.2) is 32.8 Å². The Morgan fingerprint density at radius 1 is 1.35 bits per heavy atom. The zero-order valence-electron chi connectivity index (χ0n) is 11.2. The molecule has 0 unspecified atom stereocenters. The third-order valence-corrected chi connectivity index (χ3v) is 5.38. The molecule has 0 saturated carbocycles. The fourth-order valence-corrected chi connectivity index (χ4v) is 4.15. The summed E-state index contributed by atoms with van der Waals surface area (Å²) in [6.45, 7) is 2.44. The summed E-state index contributed by atoms with van der Waals surface area (Å²) in [4.78, 5) is 13.3. The molecule has 0 spiro atoms. The van der Waals surface area contributed by atoms with E-state index < -0.39 is 0 Å². The molecule has 1 aliphatic carbocycles. The summed E-state index contributed by atoms with van der Waals surface area (Å²) in [6, 6.07) is 5.84. The van der Waals surface area contributed by atoms with Crippen LogP contribution in [-0.2, 0) is 25.9 Å². The molecule has 3 rings (SSSR count). The molecule has 1 aliphatic rings. The Labute approximate surface area is 130 Å². The van der Waals surface area contributed by atoms with Crippen LogP contribution in [0.1, 0.15) is 22.6 Å². The Bertz CT molecular complexity index is 662. The molecule has 0 aliphatic heterocycles. The smallest absolute Gasteiger partial charge is 0.250 e. The molecule has 0 aromatic carbocycles. The molecule has 2 aromatic rings. The van der Waals surface area contributed by atoms with E-state index in [-0.39, 0.29) is 5.56 Å². The quantitative estimate of drug-likeness (QED) is 0.839. The van der Waals surface area contributed by atoms with E-state index in [1.807, 2.05) is 10.6 Å². The van der Waals surface area contributed by atoms with E-state index in [0.29, 0.717) is 0 Å². The highest BCUT2D eigenvalue weighted by atomic mass is 79.9. The Morgan fingerprint density at radius 3 is 3.05 bits per heavy atom. The minimum atomic E-state index is 0.131. The van der Waals surface area contributed by atoms with Crippen molar-refractivity contribution < 1.29 is 0 Å². The summed E-state index contributed by atoms with van der Waals surface area (Å²) in [6.07, 6.45) is 3.34. The lowest BCUT2D eigenvalue weighted by Crippen LogP contribution is -2.28. The molecule has 0 amide bonds. The van der Waals surface area contributed by atoms with Crippen LogP contribution in [-0.4, -0.2) is 11.1 Å². The van der Waals surface area contributed by atoms with Crippen LogP contribution in [0.4, 0.5) is 0 Å². The minimum Gasteiger partial charge on any atom is -0.311 e. The van der Waals surface area contributed by atoms with Crippen molar-refractivity contribution in [1.29, 1.82) is 0 Å². The number of hydrogen-bond donors (Lipinski definition) is 1. The van der Waals surface area contributed by atoms with Gasteiger partial charge in [-0.3, -0.25) is 4.79 Å². The fourth-order valence-electron chi connectivity index (χ4n) is 2.73. The third-order valence-electron chi connectivity index (χ3n) is 3.68. The number of aryl methyl sites for hydroxylation is 1. The van der Waals surface area contributed by atoms with E-state index in [0.717, 1.165) is 36.9 Å². The standard InChI is InChI=1S/C15H17BrN2OS/c16-12-8-13(20-10-12)9-17-6-7-18-14-3-1-2-11(14)4-5-15(18)19/h4-5,8,10,17H,1-3,6-7,9H2. The topological polar surface area (TPSA) is 34.0 Å². The van der Waals surface area contributed by atoms with E-state index in [4.69, 9.17) is 0 Å².